The van der Waals surface area contributed by atoms with Crippen LogP contribution >= 0.6 is 0 Å². The Balaban J connectivity index is 2.59. The summed E-state index contributed by atoms with van der Waals surface area (Å²) in [4.78, 5) is 0. The molecule has 0 spiro atoms. The maximum Gasteiger partial charge on any atom is 0.146 e. The van der Waals surface area contributed by atoms with Gasteiger partial charge >= 0.3 is 0 Å². The molecule has 0 aromatic carbocycles. The number of hydrogen-bond donors (Lipinski definition) is 3. The Morgan fingerprint density at radius 1 is 1.73 bits per heavy atom. The van der Waals surface area contributed by atoms with Crippen LogP contribution in [0.15, 0.2) is 6.07 Å². The summed E-state index contributed by atoms with van der Waals surface area (Å²) in [6, 6.07) is 1.64. The van der Waals surface area contributed by atoms with Gasteiger partial charge in [-0.1, -0.05) is 5.92 Å². The number of aliphatic hydroxyl groups is 1. The van der Waals surface area contributed by atoms with Gasteiger partial charge < -0.3 is 10.8 Å². The van der Waals surface area contributed by atoms with E-state index in [0.717, 1.165) is 0 Å². The number of nitrogens with one attached hydrogen (secondary N) is 1. The van der Waals surface area contributed by atoms with Gasteiger partial charge in [0.25, 0.3) is 0 Å². The molecular formula is C7H9N3O. The maximum atomic E-state index is 8.40. The minimum atomic E-state index is 0.0800. The average Bonchev–Trinajstić information content (AvgIpc) is 2.37. The third-order valence-electron chi connectivity index (χ3n) is 1.06. The van der Waals surface area contributed by atoms with Crippen molar-refractivity contribution in [3.05, 3.63) is 11.8 Å². The van der Waals surface area contributed by atoms with Crippen LogP contribution in [0.2, 0.25) is 0 Å². The zero-order chi connectivity index (χ0) is 8.10. The molecule has 0 saturated carbocycles. The lowest BCUT2D eigenvalue weighted by molar-refractivity contribution is 0.305. The topological polar surface area (TPSA) is 74.9 Å². The number of rotatable bonds is 1. The van der Waals surface area contributed by atoms with Crippen molar-refractivity contribution in [1.29, 1.82) is 0 Å². The summed E-state index contributed by atoms with van der Waals surface area (Å²) >= 11 is 0. The fourth-order valence-electron chi connectivity index (χ4n) is 0.615. The van der Waals surface area contributed by atoms with E-state index in [2.05, 4.69) is 22.0 Å². The lowest BCUT2D eigenvalue weighted by Crippen LogP contribution is -1.81. The Morgan fingerprint density at radius 2 is 2.55 bits per heavy atom. The zero-order valence-corrected chi connectivity index (χ0v) is 5.96. The van der Waals surface area contributed by atoms with E-state index in [9.17, 15) is 0 Å². The Hall–Kier alpha value is -1.47. The van der Waals surface area contributed by atoms with E-state index in [4.69, 9.17) is 10.8 Å². The van der Waals surface area contributed by atoms with Gasteiger partial charge in [-0.3, -0.25) is 5.10 Å². The Labute approximate surface area is 64.4 Å². The van der Waals surface area contributed by atoms with E-state index < -0.39 is 0 Å². The van der Waals surface area contributed by atoms with Gasteiger partial charge in [-0.05, 0) is 5.92 Å². The predicted octanol–water partition coefficient (Wildman–Crippen LogP) is -0.274. The van der Waals surface area contributed by atoms with Crippen LogP contribution in [-0.2, 0) is 0 Å². The van der Waals surface area contributed by atoms with Crippen LogP contribution in [0.1, 0.15) is 12.1 Å². The van der Waals surface area contributed by atoms with Crippen molar-refractivity contribution in [2.24, 2.45) is 0 Å². The van der Waals surface area contributed by atoms with Crippen LogP contribution in [0, 0.1) is 11.8 Å². The van der Waals surface area contributed by atoms with Crippen molar-refractivity contribution in [3.8, 4) is 11.8 Å². The Kier molecular flexibility index (Phi) is 2.53. The molecule has 1 aromatic heterocycles. The predicted molar refractivity (Wildman–Crippen MR) is 41.6 cm³/mol. The summed E-state index contributed by atoms with van der Waals surface area (Å²) in [5.41, 5.74) is 6.00. The van der Waals surface area contributed by atoms with Crippen molar-refractivity contribution < 1.29 is 5.11 Å². The first kappa shape index (κ1) is 7.63. The van der Waals surface area contributed by atoms with Crippen LogP contribution in [0.5, 0.6) is 0 Å². The normalized spacial score (nSPS) is 8.82. The summed E-state index contributed by atoms with van der Waals surface area (Å²) in [7, 11) is 0. The van der Waals surface area contributed by atoms with Crippen molar-refractivity contribution in [1.82, 2.24) is 10.2 Å². The molecule has 0 aliphatic carbocycles. The van der Waals surface area contributed by atoms with Crippen molar-refractivity contribution in [3.63, 3.8) is 0 Å². The van der Waals surface area contributed by atoms with E-state index in [1.54, 1.807) is 6.07 Å². The summed E-state index contributed by atoms with van der Waals surface area (Å²) < 4.78 is 0. The molecular weight excluding hydrogens is 142 g/mol. The number of nitrogens with two attached hydrogens (primary N) is 1. The van der Waals surface area contributed by atoms with Crippen LogP contribution < -0.4 is 5.73 Å². The SMILES string of the molecule is Nc1cc(C#CCCO)[nH]n1. The van der Waals surface area contributed by atoms with Crippen LogP contribution in [0.3, 0.4) is 0 Å². The number of nitrogens with zero attached hydrogens (tertiary/aromatic N) is 1. The summed E-state index contributed by atoms with van der Waals surface area (Å²) in [5.74, 6) is 5.93. The van der Waals surface area contributed by atoms with Crippen LogP contribution in [0.4, 0.5) is 5.82 Å². The van der Waals surface area contributed by atoms with Gasteiger partial charge in [0.05, 0.1) is 6.61 Å². The lowest BCUT2D eigenvalue weighted by Gasteiger charge is -1.77. The third kappa shape index (κ3) is 2.32. The highest BCUT2D eigenvalue weighted by atomic mass is 16.2. The number of nitrogen functional groups attached to an aromatic ring is 1. The number of H-pyrrole nitrogens is 1. The first-order chi connectivity index (χ1) is 5.33. The summed E-state index contributed by atoms with van der Waals surface area (Å²) in [6.07, 6.45) is 0.471. The molecule has 1 aromatic rings. The molecule has 58 valence electrons. The van der Waals surface area contributed by atoms with Gasteiger partial charge in [-0.15, -0.1) is 0 Å². The highest BCUT2D eigenvalue weighted by Gasteiger charge is 1.89. The number of aliphatic hydroxyl groups excluding tert-OH is 1. The minimum absolute atomic E-state index is 0.0800. The molecule has 0 saturated heterocycles. The number of aromatic nitrogens is 2. The summed E-state index contributed by atoms with van der Waals surface area (Å²) in [5, 5.41) is 14.7. The molecule has 0 unspecified atom stereocenters. The molecule has 4 nitrogen and oxygen atoms in total. The molecule has 11 heavy (non-hydrogen) atoms. The van der Waals surface area contributed by atoms with E-state index in [1.165, 1.54) is 0 Å². The zero-order valence-electron chi connectivity index (χ0n) is 5.96. The summed E-state index contributed by atoms with van der Waals surface area (Å²) in [6.45, 7) is 0.0800. The van der Waals surface area contributed by atoms with Gasteiger partial charge in [0.2, 0.25) is 0 Å². The first-order valence-electron chi connectivity index (χ1n) is 3.23. The van der Waals surface area contributed by atoms with E-state index in [1.807, 2.05) is 0 Å². The highest BCUT2D eigenvalue weighted by Crippen LogP contribution is 1.97. The molecule has 0 bridgehead atoms. The standard InChI is InChI=1S/C7H9N3O/c8-7-5-6(9-10-7)3-1-2-4-11/h5,11H,2,4H2,(H3,8,9,10). The second-order valence-electron chi connectivity index (χ2n) is 1.98. The smallest absolute Gasteiger partial charge is 0.146 e. The van der Waals surface area contributed by atoms with Crippen molar-refractivity contribution >= 4 is 5.82 Å². The number of anilines is 1. The third-order valence-corrected chi connectivity index (χ3v) is 1.06. The molecule has 1 rings (SSSR count). The number of hydrogen-bond acceptors (Lipinski definition) is 3. The Bertz CT molecular complexity index is 281. The quantitative estimate of drug-likeness (QED) is 0.483. The van der Waals surface area contributed by atoms with E-state index >= 15 is 0 Å². The lowest BCUT2D eigenvalue weighted by atomic mass is 10.4. The van der Waals surface area contributed by atoms with E-state index in [0.29, 0.717) is 17.9 Å². The van der Waals surface area contributed by atoms with Gasteiger partial charge in [0.1, 0.15) is 11.5 Å². The van der Waals surface area contributed by atoms with E-state index in [-0.39, 0.29) is 6.61 Å². The molecule has 0 amide bonds. The van der Waals surface area contributed by atoms with Crippen LogP contribution in [-0.4, -0.2) is 21.9 Å². The Morgan fingerprint density at radius 3 is 3.09 bits per heavy atom. The molecule has 1 heterocycles. The maximum absolute atomic E-state index is 8.40. The van der Waals surface area contributed by atoms with Crippen molar-refractivity contribution in [2.75, 3.05) is 12.3 Å². The van der Waals surface area contributed by atoms with Gasteiger partial charge in [0, 0.05) is 12.5 Å². The molecule has 4 heteroatoms. The fourth-order valence-corrected chi connectivity index (χ4v) is 0.615. The minimum Gasteiger partial charge on any atom is -0.395 e. The second kappa shape index (κ2) is 3.64. The van der Waals surface area contributed by atoms with Gasteiger partial charge in [-0.25, -0.2) is 0 Å². The fraction of sp³-hybridized carbons (Fsp3) is 0.286. The molecule has 0 fully saturated rings. The average molecular weight is 151 g/mol. The van der Waals surface area contributed by atoms with Gasteiger partial charge in [-0.2, -0.15) is 5.10 Å². The molecule has 0 radical (unpaired) electrons. The van der Waals surface area contributed by atoms with Crippen molar-refractivity contribution in [2.45, 2.75) is 6.42 Å². The molecule has 4 N–H and O–H groups in total. The molecule has 0 aliphatic rings. The largest absolute Gasteiger partial charge is 0.395 e. The highest BCUT2D eigenvalue weighted by molar-refractivity contribution is 5.37. The second-order valence-corrected chi connectivity index (χ2v) is 1.98. The monoisotopic (exact) mass is 151 g/mol. The molecule has 0 atom stereocenters. The first-order valence-corrected chi connectivity index (χ1v) is 3.23. The number of aromatic amines is 1. The molecule has 0 aliphatic heterocycles. The van der Waals surface area contributed by atoms with Gasteiger partial charge in [0.15, 0.2) is 0 Å². The van der Waals surface area contributed by atoms with Crippen LogP contribution in [0.25, 0.3) is 0 Å².